The van der Waals surface area contributed by atoms with Gasteiger partial charge < -0.3 is 19.9 Å². The molecule has 0 saturated carbocycles. The average molecular weight is 201 g/mol. The van der Waals surface area contributed by atoms with Crippen molar-refractivity contribution in [2.45, 2.75) is 26.7 Å². The van der Waals surface area contributed by atoms with Crippen LogP contribution in [0.3, 0.4) is 0 Å². The van der Waals surface area contributed by atoms with E-state index in [1.54, 1.807) is 0 Å². The summed E-state index contributed by atoms with van der Waals surface area (Å²) < 4.78 is 17.1. The highest BCUT2D eigenvalue weighted by Crippen LogP contribution is 2.46. The van der Waals surface area contributed by atoms with E-state index in [-0.39, 0.29) is 10.8 Å². The molecule has 0 unspecified atom stereocenters. The topological polar surface area (TPSA) is 53.7 Å². The number of fused-ring (bicyclic) bond motifs is 3. The Bertz CT molecular complexity index is 215. The van der Waals surface area contributed by atoms with Gasteiger partial charge in [0, 0.05) is 12.0 Å². The molecule has 3 aliphatic heterocycles. The standard InChI is InChI=1S/C10H19NO3/c1-8(2,4-11)10-12-5-9(3,6-13-10)7-14-10/h4-7,11H2,1-3H3. The first kappa shape index (κ1) is 10.4. The molecule has 14 heavy (non-hydrogen) atoms. The largest absolute Gasteiger partial charge is 0.330 e. The van der Waals surface area contributed by atoms with Crippen molar-refractivity contribution in [2.24, 2.45) is 16.6 Å². The second-order valence-corrected chi connectivity index (χ2v) is 5.32. The van der Waals surface area contributed by atoms with Gasteiger partial charge in [-0.25, -0.2) is 0 Å². The van der Waals surface area contributed by atoms with E-state index in [0.717, 1.165) is 0 Å². The molecule has 2 N–H and O–H groups in total. The number of nitrogens with two attached hydrogens (primary N) is 1. The summed E-state index contributed by atoms with van der Waals surface area (Å²) in [7, 11) is 0. The highest BCUT2D eigenvalue weighted by molar-refractivity contribution is 4.92. The van der Waals surface area contributed by atoms with Gasteiger partial charge in [-0.05, 0) is 0 Å². The molecular formula is C10H19NO3. The SMILES string of the molecule is CC12COC(C(C)(C)CN)(OC1)OC2. The smallest absolute Gasteiger partial charge is 0.289 e. The fourth-order valence-corrected chi connectivity index (χ4v) is 1.77. The molecule has 0 atom stereocenters. The molecule has 3 fully saturated rings. The third-order valence-electron chi connectivity index (χ3n) is 3.17. The maximum absolute atomic E-state index is 5.71. The molecule has 0 aliphatic carbocycles. The van der Waals surface area contributed by atoms with Crippen molar-refractivity contribution in [2.75, 3.05) is 26.4 Å². The van der Waals surface area contributed by atoms with E-state index in [1.807, 2.05) is 13.8 Å². The summed E-state index contributed by atoms with van der Waals surface area (Å²) in [6.07, 6.45) is 0. The highest BCUT2D eigenvalue weighted by Gasteiger charge is 2.58. The minimum Gasteiger partial charge on any atom is -0.330 e. The highest BCUT2D eigenvalue weighted by atomic mass is 16.9. The molecule has 3 rings (SSSR count). The molecule has 3 saturated heterocycles. The van der Waals surface area contributed by atoms with Gasteiger partial charge in [-0.15, -0.1) is 0 Å². The fourth-order valence-electron chi connectivity index (χ4n) is 1.77. The molecule has 82 valence electrons. The Balaban J connectivity index is 2.20. The zero-order chi connectivity index (χ0) is 10.4. The van der Waals surface area contributed by atoms with Crippen LogP contribution in [0.15, 0.2) is 0 Å². The fraction of sp³-hybridized carbons (Fsp3) is 1.00. The Kier molecular flexibility index (Phi) is 2.16. The van der Waals surface area contributed by atoms with Gasteiger partial charge in [0.05, 0.1) is 25.2 Å². The van der Waals surface area contributed by atoms with Crippen molar-refractivity contribution in [3.05, 3.63) is 0 Å². The number of ether oxygens (including phenoxy) is 3. The van der Waals surface area contributed by atoms with Gasteiger partial charge in [-0.1, -0.05) is 20.8 Å². The molecule has 0 spiro atoms. The van der Waals surface area contributed by atoms with Gasteiger partial charge in [0.1, 0.15) is 0 Å². The molecule has 0 amide bonds. The summed E-state index contributed by atoms with van der Waals surface area (Å²) in [5, 5.41) is 0. The van der Waals surface area contributed by atoms with Gasteiger partial charge in [0.15, 0.2) is 0 Å². The molecule has 2 bridgehead atoms. The summed E-state index contributed by atoms with van der Waals surface area (Å²) in [5.41, 5.74) is 5.42. The average Bonchev–Trinajstić information content (AvgIpc) is 2.19. The monoisotopic (exact) mass is 201 g/mol. The first-order valence-electron chi connectivity index (χ1n) is 5.05. The van der Waals surface area contributed by atoms with Crippen molar-refractivity contribution in [1.82, 2.24) is 0 Å². The Morgan fingerprint density at radius 1 is 1.14 bits per heavy atom. The van der Waals surface area contributed by atoms with Crippen LogP contribution in [0, 0.1) is 10.8 Å². The molecule has 4 nitrogen and oxygen atoms in total. The van der Waals surface area contributed by atoms with Crippen LogP contribution in [0.4, 0.5) is 0 Å². The van der Waals surface area contributed by atoms with E-state index in [0.29, 0.717) is 26.4 Å². The summed E-state index contributed by atoms with van der Waals surface area (Å²) in [6, 6.07) is 0. The van der Waals surface area contributed by atoms with Crippen molar-refractivity contribution >= 4 is 0 Å². The molecule has 3 aliphatic rings. The summed E-state index contributed by atoms with van der Waals surface area (Å²) in [6.45, 7) is 8.65. The van der Waals surface area contributed by atoms with E-state index < -0.39 is 5.97 Å². The first-order chi connectivity index (χ1) is 6.43. The predicted molar refractivity (Wildman–Crippen MR) is 51.5 cm³/mol. The predicted octanol–water partition coefficient (Wildman–Crippen LogP) is 0.708. The molecule has 3 heterocycles. The number of hydrogen-bond acceptors (Lipinski definition) is 4. The molecule has 4 heteroatoms. The summed E-state index contributed by atoms with van der Waals surface area (Å²) in [5.74, 6) is -0.917. The van der Waals surface area contributed by atoms with Crippen LogP contribution in [0.2, 0.25) is 0 Å². The maximum Gasteiger partial charge on any atom is 0.289 e. The second kappa shape index (κ2) is 2.92. The maximum atomic E-state index is 5.71. The van der Waals surface area contributed by atoms with Gasteiger partial charge in [0.25, 0.3) is 5.97 Å². The van der Waals surface area contributed by atoms with Crippen LogP contribution >= 0.6 is 0 Å². The van der Waals surface area contributed by atoms with Crippen LogP contribution in [-0.4, -0.2) is 32.3 Å². The van der Waals surface area contributed by atoms with E-state index in [2.05, 4.69) is 6.92 Å². The normalized spacial score (nSPS) is 42.9. The Labute approximate surface area is 84.7 Å². The van der Waals surface area contributed by atoms with Gasteiger partial charge in [-0.2, -0.15) is 0 Å². The van der Waals surface area contributed by atoms with Crippen molar-refractivity contribution in [1.29, 1.82) is 0 Å². The number of rotatable bonds is 2. The van der Waals surface area contributed by atoms with E-state index >= 15 is 0 Å². The van der Waals surface area contributed by atoms with Crippen molar-refractivity contribution in [3.63, 3.8) is 0 Å². The Morgan fingerprint density at radius 3 is 1.93 bits per heavy atom. The molecule has 0 radical (unpaired) electrons. The minimum atomic E-state index is -0.917. The van der Waals surface area contributed by atoms with Crippen LogP contribution in [0.25, 0.3) is 0 Å². The van der Waals surface area contributed by atoms with E-state index in [1.165, 1.54) is 0 Å². The lowest BCUT2D eigenvalue weighted by Gasteiger charge is -2.55. The Morgan fingerprint density at radius 2 is 1.57 bits per heavy atom. The van der Waals surface area contributed by atoms with Crippen molar-refractivity contribution < 1.29 is 14.2 Å². The first-order valence-corrected chi connectivity index (χ1v) is 5.05. The van der Waals surface area contributed by atoms with Crippen LogP contribution < -0.4 is 5.73 Å². The lowest BCUT2D eigenvalue weighted by atomic mass is 9.84. The van der Waals surface area contributed by atoms with E-state index in [4.69, 9.17) is 19.9 Å². The number of hydrogen-bond donors (Lipinski definition) is 1. The van der Waals surface area contributed by atoms with Crippen molar-refractivity contribution in [3.8, 4) is 0 Å². The van der Waals surface area contributed by atoms with Gasteiger partial charge >= 0.3 is 0 Å². The molecular weight excluding hydrogens is 182 g/mol. The second-order valence-electron chi connectivity index (χ2n) is 5.32. The quantitative estimate of drug-likeness (QED) is 0.715. The lowest BCUT2D eigenvalue weighted by molar-refractivity contribution is -0.498. The minimum absolute atomic E-state index is 0.0203. The van der Waals surface area contributed by atoms with E-state index in [9.17, 15) is 0 Å². The van der Waals surface area contributed by atoms with Crippen LogP contribution in [-0.2, 0) is 14.2 Å². The van der Waals surface area contributed by atoms with Crippen LogP contribution in [0.1, 0.15) is 20.8 Å². The van der Waals surface area contributed by atoms with Gasteiger partial charge in [-0.3, -0.25) is 0 Å². The molecule has 0 aromatic rings. The summed E-state index contributed by atoms with van der Waals surface area (Å²) >= 11 is 0. The molecule has 0 aromatic heterocycles. The zero-order valence-electron chi connectivity index (χ0n) is 9.13. The van der Waals surface area contributed by atoms with Crippen LogP contribution in [0.5, 0.6) is 0 Å². The summed E-state index contributed by atoms with van der Waals surface area (Å²) in [4.78, 5) is 0. The zero-order valence-corrected chi connectivity index (χ0v) is 9.13. The van der Waals surface area contributed by atoms with Gasteiger partial charge in [0.2, 0.25) is 0 Å². The third kappa shape index (κ3) is 1.29. The Hall–Kier alpha value is -0.160. The molecule has 0 aromatic carbocycles. The lowest BCUT2D eigenvalue weighted by Crippen LogP contribution is -2.66. The third-order valence-corrected chi connectivity index (χ3v) is 3.17.